The molecule has 0 fully saturated rings. The van der Waals surface area contributed by atoms with Gasteiger partial charge in [-0.1, -0.05) is 60.7 Å². The maximum absolute atomic E-state index is 12.5. The molecule has 0 saturated carbocycles. The van der Waals surface area contributed by atoms with Gasteiger partial charge in [-0.3, -0.25) is 9.59 Å². The molecule has 1 unspecified atom stereocenters. The van der Waals surface area contributed by atoms with Gasteiger partial charge < -0.3 is 16.4 Å². The van der Waals surface area contributed by atoms with Crippen molar-refractivity contribution in [3.63, 3.8) is 0 Å². The first kappa shape index (κ1) is 17.7. The van der Waals surface area contributed by atoms with Crippen molar-refractivity contribution in [2.24, 2.45) is 5.73 Å². The maximum Gasteiger partial charge on any atom is 0.243 e. The van der Waals surface area contributed by atoms with Crippen molar-refractivity contribution in [1.29, 1.82) is 0 Å². The zero-order chi connectivity index (χ0) is 17.4. The van der Waals surface area contributed by atoms with Gasteiger partial charge in [0.25, 0.3) is 0 Å². The first-order valence-electron chi connectivity index (χ1n) is 7.98. The van der Waals surface area contributed by atoms with Gasteiger partial charge in [0.1, 0.15) is 6.04 Å². The lowest BCUT2D eigenvalue weighted by Gasteiger charge is -2.20. The SMILES string of the molecule is C[C@@H](N)C(=O)NC(Cc1ccccc1)C(=O)NCc1ccccc1. The van der Waals surface area contributed by atoms with Crippen molar-refractivity contribution < 1.29 is 9.59 Å². The molecule has 126 valence electrons. The van der Waals surface area contributed by atoms with Crippen LogP contribution in [0.2, 0.25) is 0 Å². The number of benzene rings is 2. The van der Waals surface area contributed by atoms with Crippen molar-refractivity contribution in [2.75, 3.05) is 0 Å². The molecule has 0 aliphatic rings. The van der Waals surface area contributed by atoms with Crippen LogP contribution in [0.3, 0.4) is 0 Å². The standard InChI is InChI=1S/C19H23N3O2/c1-14(20)18(23)22-17(12-15-8-4-2-5-9-15)19(24)21-13-16-10-6-3-7-11-16/h2-11,14,17H,12-13,20H2,1H3,(H,21,24)(H,22,23)/t14-,17?/m1/s1. The molecule has 0 saturated heterocycles. The molecular formula is C19H23N3O2. The molecule has 2 aromatic carbocycles. The highest BCUT2D eigenvalue weighted by Gasteiger charge is 2.22. The first-order valence-corrected chi connectivity index (χ1v) is 7.98. The molecule has 0 aliphatic carbocycles. The van der Waals surface area contributed by atoms with Gasteiger partial charge in [0.2, 0.25) is 11.8 Å². The summed E-state index contributed by atoms with van der Waals surface area (Å²) in [5, 5.41) is 5.59. The summed E-state index contributed by atoms with van der Waals surface area (Å²) in [6.07, 6.45) is 0.417. The number of amides is 2. The molecule has 0 aliphatic heterocycles. The van der Waals surface area contributed by atoms with Crippen LogP contribution in [-0.4, -0.2) is 23.9 Å². The summed E-state index contributed by atoms with van der Waals surface area (Å²) < 4.78 is 0. The summed E-state index contributed by atoms with van der Waals surface area (Å²) in [5.41, 5.74) is 7.58. The van der Waals surface area contributed by atoms with Crippen molar-refractivity contribution in [1.82, 2.24) is 10.6 Å². The second-order valence-corrected chi connectivity index (χ2v) is 5.74. The first-order chi connectivity index (χ1) is 11.6. The van der Waals surface area contributed by atoms with Gasteiger partial charge in [-0.25, -0.2) is 0 Å². The van der Waals surface area contributed by atoms with Crippen LogP contribution in [0.4, 0.5) is 0 Å². The Balaban J connectivity index is 2.03. The fraction of sp³-hybridized carbons (Fsp3) is 0.263. The van der Waals surface area contributed by atoms with Crippen LogP contribution in [0.5, 0.6) is 0 Å². The second-order valence-electron chi connectivity index (χ2n) is 5.74. The molecular weight excluding hydrogens is 302 g/mol. The lowest BCUT2D eigenvalue weighted by molar-refractivity contribution is -0.129. The molecule has 2 amide bonds. The number of carbonyl (C=O) groups excluding carboxylic acids is 2. The highest BCUT2D eigenvalue weighted by Crippen LogP contribution is 2.05. The van der Waals surface area contributed by atoms with E-state index in [1.54, 1.807) is 6.92 Å². The zero-order valence-corrected chi connectivity index (χ0v) is 13.7. The van der Waals surface area contributed by atoms with Gasteiger partial charge in [0, 0.05) is 13.0 Å². The van der Waals surface area contributed by atoms with Gasteiger partial charge in [0.05, 0.1) is 6.04 Å². The minimum atomic E-state index is -0.662. The summed E-state index contributed by atoms with van der Waals surface area (Å²) in [4.78, 5) is 24.4. The molecule has 24 heavy (non-hydrogen) atoms. The Morgan fingerprint density at radius 2 is 1.46 bits per heavy atom. The van der Waals surface area contributed by atoms with E-state index in [1.165, 1.54) is 0 Å². The van der Waals surface area contributed by atoms with E-state index in [2.05, 4.69) is 10.6 Å². The molecule has 0 heterocycles. The Bertz CT molecular complexity index is 657. The molecule has 0 bridgehead atoms. The predicted octanol–water partition coefficient (Wildman–Crippen LogP) is 1.38. The third-order valence-electron chi connectivity index (χ3n) is 3.64. The summed E-state index contributed by atoms with van der Waals surface area (Å²) in [7, 11) is 0. The Morgan fingerprint density at radius 3 is 2.00 bits per heavy atom. The Labute approximate surface area is 142 Å². The van der Waals surface area contributed by atoms with Gasteiger partial charge in [-0.15, -0.1) is 0 Å². The van der Waals surface area contributed by atoms with E-state index in [9.17, 15) is 9.59 Å². The number of rotatable bonds is 7. The van der Waals surface area contributed by atoms with Crippen LogP contribution in [0.15, 0.2) is 60.7 Å². The lowest BCUT2D eigenvalue weighted by Crippen LogP contribution is -2.51. The van der Waals surface area contributed by atoms with E-state index < -0.39 is 12.1 Å². The summed E-state index contributed by atoms with van der Waals surface area (Å²) in [6.45, 7) is 2.01. The van der Waals surface area contributed by atoms with Crippen molar-refractivity contribution in [3.05, 3.63) is 71.8 Å². The monoisotopic (exact) mass is 325 g/mol. The predicted molar refractivity (Wildman–Crippen MR) is 94.0 cm³/mol. The largest absolute Gasteiger partial charge is 0.350 e. The highest BCUT2D eigenvalue weighted by atomic mass is 16.2. The number of hydrogen-bond acceptors (Lipinski definition) is 3. The minimum absolute atomic E-state index is 0.225. The second kappa shape index (κ2) is 8.84. The van der Waals surface area contributed by atoms with E-state index >= 15 is 0 Å². The summed E-state index contributed by atoms with van der Waals surface area (Å²) in [5.74, 6) is -0.567. The fourth-order valence-corrected chi connectivity index (χ4v) is 2.27. The van der Waals surface area contributed by atoms with E-state index in [0.29, 0.717) is 13.0 Å². The smallest absolute Gasteiger partial charge is 0.243 e. The summed E-state index contributed by atoms with van der Waals surface area (Å²) >= 11 is 0. The normalized spacial score (nSPS) is 12.9. The number of nitrogens with one attached hydrogen (secondary N) is 2. The molecule has 0 spiro atoms. The van der Waals surface area contributed by atoms with Gasteiger partial charge in [-0.2, -0.15) is 0 Å². The number of nitrogens with two attached hydrogens (primary N) is 1. The van der Waals surface area contributed by atoms with Crippen LogP contribution in [-0.2, 0) is 22.6 Å². The van der Waals surface area contributed by atoms with Crippen LogP contribution >= 0.6 is 0 Å². The fourth-order valence-electron chi connectivity index (χ4n) is 2.27. The lowest BCUT2D eigenvalue weighted by atomic mass is 10.0. The van der Waals surface area contributed by atoms with E-state index in [1.807, 2.05) is 60.7 Å². The van der Waals surface area contributed by atoms with Crippen LogP contribution < -0.4 is 16.4 Å². The number of hydrogen-bond donors (Lipinski definition) is 3. The molecule has 0 aromatic heterocycles. The van der Waals surface area contributed by atoms with Gasteiger partial charge >= 0.3 is 0 Å². The minimum Gasteiger partial charge on any atom is -0.350 e. The molecule has 0 radical (unpaired) electrons. The van der Waals surface area contributed by atoms with Crippen LogP contribution in [0.1, 0.15) is 18.1 Å². The van der Waals surface area contributed by atoms with Gasteiger partial charge in [-0.05, 0) is 18.1 Å². The Hall–Kier alpha value is -2.66. The topological polar surface area (TPSA) is 84.2 Å². The van der Waals surface area contributed by atoms with Crippen LogP contribution in [0, 0.1) is 0 Å². The summed E-state index contributed by atoms with van der Waals surface area (Å²) in [6, 6.07) is 17.9. The number of carbonyl (C=O) groups is 2. The van der Waals surface area contributed by atoms with E-state index in [4.69, 9.17) is 5.73 Å². The quantitative estimate of drug-likeness (QED) is 0.719. The average Bonchev–Trinajstić information content (AvgIpc) is 2.60. The Morgan fingerprint density at radius 1 is 0.917 bits per heavy atom. The molecule has 5 nitrogen and oxygen atoms in total. The maximum atomic E-state index is 12.5. The zero-order valence-electron chi connectivity index (χ0n) is 13.7. The van der Waals surface area contributed by atoms with E-state index in [0.717, 1.165) is 11.1 Å². The molecule has 2 aromatic rings. The molecule has 4 N–H and O–H groups in total. The molecule has 2 rings (SSSR count). The van der Waals surface area contributed by atoms with E-state index in [-0.39, 0.29) is 11.8 Å². The highest BCUT2D eigenvalue weighted by molar-refractivity contribution is 5.89. The van der Waals surface area contributed by atoms with Gasteiger partial charge in [0.15, 0.2) is 0 Å². The van der Waals surface area contributed by atoms with Crippen molar-refractivity contribution in [2.45, 2.75) is 32.0 Å². The Kier molecular flexibility index (Phi) is 6.51. The van der Waals surface area contributed by atoms with Crippen molar-refractivity contribution >= 4 is 11.8 Å². The average molecular weight is 325 g/mol. The molecule has 2 atom stereocenters. The van der Waals surface area contributed by atoms with Crippen LogP contribution in [0.25, 0.3) is 0 Å². The van der Waals surface area contributed by atoms with Crippen molar-refractivity contribution in [3.8, 4) is 0 Å². The third kappa shape index (κ3) is 5.52. The molecule has 5 heteroatoms. The third-order valence-corrected chi connectivity index (χ3v) is 3.64.